The number of rotatable bonds is 6. The molecule has 0 radical (unpaired) electrons. The molecule has 124 valence electrons. The molecule has 0 aliphatic heterocycles. The minimum absolute atomic E-state index is 0.190. The molecule has 0 saturated heterocycles. The number of aromatic amines is 1. The average molecular weight is 346 g/mol. The van der Waals surface area contributed by atoms with Gasteiger partial charge >= 0.3 is 0 Å². The molecule has 9 heteroatoms. The molecule has 0 bridgehead atoms. The summed E-state index contributed by atoms with van der Waals surface area (Å²) in [6.45, 7) is 2.69. The zero-order valence-corrected chi connectivity index (χ0v) is 13.7. The van der Waals surface area contributed by atoms with Gasteiger partial charge in [-0.05, 0) is 24.6 Å². The summed E-state index contributed by atoms with van der Waals surface area (Å²) in [5.74, 6) is 0.166. The molecule has 3 aromatic rings. The molecule has 3 N–H and O–H groups in total. The van der Waals surface area contributed by atoms with Crippen molar-refractivity contribution in [2.75, 3.05) is 17.2 Å². The lowest BCUT2D eigenvalue weighted by Crippen LogP contribution is -2.11. The molecule has 24 heavy (non-hydrogen) atoms. The van der Waals surface area contributed by atoms with E-state index in [1.807, 2.05) is 6.92 Å². The summed E-state index contributed by atoms with van der Waals surface area (Å²) in [6.07, 6.45) is 1.97. The number of nitrogens with zero attached hydrogens (tertiary/aromatic N) is 3. The van der Waals surface area contributed by atoms with E-state index in [0.717, 1.165) is 12.1 Å². The van der Waals surface area contributed by atoms with Gasteiger partial charge in [-0.1, -0.05) is 23.5 Å². The van der Waals surface area contributed by atoms with Crippen molar-refractivity contribution < 1.29 is 9.18 Å². The number of H-pyrrole nitrogens is 1. The summed E-state index contributed by atoms with van der Waals surface area (Å²) in [7, 11) is 0. The van der Waals surface area contributed by atoms with Gasteiger partial charge in [0.25, 0.3) is 5.91 Å². The molecule has 0 unspecified atom stereocenters. The molecular weight excluding hydrogens is 331 g/mol. The van der Waals surface area contributed by atoms with E-state index in [9.17, 15) is 9.18 Å². The summed E-state index contributed by atoms with van der Waals surface area (Å²) in [5, 5.41) is 13.1. The highest BCUT2D eigenvalue weighted by atomic mass is 32.1. The van der Waals surface area contributed by atoms with Gasteiger partial charge in [-0.3, -0.25) is 15.2 Å². The van der Waals surface area contributed by atoms with Crippen molar-refractivity contribution >= 4 is 28.3 Å². The Hall–Kier alpha value is -2.81. The topological polar surface area (TPSA) is 95.6 Å². The largest absolute Gasteiger partial charge is 0.362 e. The minimum atomic E-state index is -0.316. The van der Waals surface area contributed by atoms with Gasteiger partial charge in [-0.2, -0.15) is 4.98 Å². The molecule has 1 amide bonds. The third kappa shape index (κ3) is 3.93. The van der Waals surface area contributed by atoms with E-state index in [2.05, 4.69) is 30.8 Å². The van der Waals surface area contributed by atoms with Crippen molar-refractivity contribution in [2.24, 2.45) is 0 Å². The zero-order chi connectivity index (χ0) is 16.9. The quantitative estimate of drug-likeness (QED) is 0.638. The fourth-order valence-electron chi connectivity index (χ4n) is 2.00. The van der Waals surface area contributed by atoms with Crippen molar-refractivity contribution in [3.8, 4) is 0 Å². The van der Waals surface area contributed by atoms with Crippen molar-refractivity contribution in [1.29, 1.82) is 0 Å². The predicted molar refractivity (Wildman–Crippen MR) is 89.8 cm³/mol. The fourth-order valence-corrected chi connectivity index (χ4v) is 2.78. The van der Waals surface area contributed by atoms with Gasteiger partial charge in [0.2, 0.25) is 5.95 Å². The number of carbonyl (C=O) groups is 1. The van der Waals surface area contributed by atoms with Crippen LogP contribution in [0, 0.1) is 5.82 Å². The van der Waals surface area contributed by atoms with Crippen LogP contribution in [0.25, 0.3) is 0 Å². The van der Waals surface area contributed by atoms with Crippen molar-refractivity contribution in [3.05, 3.63) is 52.5 Å². The van der Waals surface area contributed by atoms with Crippen molar-refractivity contribution in [3.63, 3.8) is 0 Å². The Morgan fingerprint density at radius 2 is 2.12 bits per heavy atom. The number of halogens is 1. The molecular formula is C15H15FN6OS. The van der Waals surface area contributed by atoms with Gasteiger partial charge in [-0.25, -0.2) is 9.37 Å². The lowest BCUT2D eigenvalue weighted by atomic mass is 10.1. The Bertz CT molecular complexity index is 829. The third-order valence-corrected chi connectivity index (χ3v) is 4.05. The SMILES string of the molecule is CCNc1ncc(C(=O)Nc2n[nH]c(Cc3ccc(F)cc3)n2)s1. The number of hydrogen-bond acceptors (Lipinski definition) is 6. The minimum Gasteiger partial charge on any atom is -0.362 e. The van der Waals surface area contributed by atoms with Gasteiger partial charge < -0.3 is 5.32 Å². The van der Waals surface area contributed by atoms with Crippen LogP contribution < -0.4 is 10.6 Å². The highest BCUT2D eigenvalue weighted by Crippen LogP contribution is 2.18. The van der Waals surface area contributed by atoms with E-state index in [1.165, 1.54) is 29.7 Å². The van der Waals surface area contributed by atoms with E-state index in [1.54, 1.807) is 12.1 Å². The molecule has 0 spiro atoms. The molecule has 1 aromatic carbocycles. The van der Waals surface area contributed by atoms with E-state index in [-0.39, 0.29) is 17.7 Å². The Balaban J connectivity index is 1.62. The second kappa shape index (κ2) is 7.18. The van der Waals surface area contributed by atoms with Crippen LogP contribution in [-0.2, 0) is 6.42 Å². The van der Waals surface area contributed by atoms with E-state index in [4.69, 9.17) is 0 Å². The number of thiazole rings is 1. The van der Waals surface area contributed by atoms with Crippen molar-refractivity contribution in [1.82, 2.24) is 20.2 Å². The van der Waals surface area contributed by atoms with Crippen LogP contribution in [0.5, 0.6) is 0 Å². The van der Waals surface area contributed by atoms with Crippen LogP contribution in [0.3, 0.4) is 0 Å². The molecule has 7 nitrogen and oxygen atoms in total. The first kappa shape index (κ1) is 16.1. The number of anilines is 2. The first-order chi connectivity index (χ1) is 11.6. The Morgan fingerprint density at radius 1 is 1.33 bits per heavy atom. The molecule has 0 fully saturated rings. The van der Waals surface area contributed by atoms with Gasteiger partial charge in [0.15, 0.2) is 5.13 Å². The highest BCUT2D eigenvalue weighted by molar-refractivity contribution is 7.17. The van der Waals surface area contributed by atoms with Crippen LogP contribution in [0.2, 0.25) is 0 Å². The van der Waals surface area contributed by atoms with E-state index in [0.29, 0.717) is 22.3 Å². The second-order valence-electron chi connectivity index (χ2n) is 4.92. The normalized spacial score (nSPS) is 10.6. The number of benzene rings is 1. The Morgan fingerprint density at radius 3 is 2.88 bits per heavy atom. The van der Waals surface area contributed by atoms with E-state index >= 15 is 0 Å². The molecule has 0 aliphatic carbocycles. The number of nitrogens with one attached hydrogen (secondary N) is 3. The molecule has 0 aliphatic rings. The number of carbonyl (C=O) groups excluding carboxylic acids is 1. The molecule has 2 aromatic heterocycles. The maximum absolute atomic E-state index is 12.9. The smallest absolute Gasteiger partial charge is 0.269 e. The number of aromatic nitrogens is 4. The van der Waals surface area contributed by atoms with Gasteiger partial charge in [0.05, 0.1) is 6.20 Å². The summed E-state index contributed by atoms with van der Waals surface area (Å²) < 4.78 is 12.9. The molecule has 2 heterocycles. The Labute approximate surface area is 141 Å². The van der Waals surface area contributed by atoms with Gasteiger partial charge in [0.1, 0.15) is 16.5 Å². The van der Waals surface area contributed by atoms with Crippen LogP contribution >= 0.6 is 11.3 Å². The summed E-state index contributed by atoms with van der Waals surface area (Å²) in [4.78, 5) is 20.9. The maximum atomic E-state index is 12.9. The highest BCUT2D eigenvalue weighted by Gasteiger charge is 2.13. The van der Waals surface area contributed by atoms with Crippen LogP contribution in [0.4, 0.5) is 15.5 Å². The second-order valence-corrected chi connectivity index (χ2v) is 5.95. The van der Waals surface area contributed by atoms with Gasteiger partial charge in [0, 0.05) is 13.0 Å². The summed E-state index contributed by atoms with van der Waals surface area (Å²) >= 11 is 1.26. The average Bonchev–Trinajstić information content (AvgIpc) is 3.20. The predicted octanol–water partition coefficient (Wildman–Crippen LogP) is 2.68. The summed E-state index contributed by atoms with van der Waals surface area (Å²) in [5.41, 5.74) is 0.892. The number of amides is 1. The number of hydrogen-bond donors (Lipinski definition) is 3. The van der Waals surface area contributed by atoms with Crippen LogP contribution in [0.15, 0.2) is 30.5 Å². The molecule has 0 atom stereocenters. The third-order valence-electron chi connectivity index (χ3n) is 3.10. The lowest BCUT2D eigenvalue weighted by Gasteiger charge is -1.98. The maximum Gasteiger partial charge on any atom is 0.269 e. The zero-order valence-electron chi connectivity index (χ0n) is 12.8. The standard InChI is InChI=1S/C15H15FN6OS/c1-2-17-15-18-8-11(24-15)13(23)20-14-19-12(21-22-14)7-9-3-5-10(16)6-4-9/h3-6,8H,2,7H2,1H3,(H,17,18)(H2,19,20,21,22,23). The molecule has 0 saturated carbocycles. The van der Waals surface area contributed by atoms with Crippen molar-refractivity contribution in [2.45, 2.75) is 13.3 Å². The summed E-state index contributed by atoms with van der Waals surface area (Å²) in [6, 6.07) is 6.13. The van der Waals surface area contributed by atoms with Crippen LogP contribution in [-0.4, -0.2) is 32.6 Å². The lowest BCUT2D eigenvalue weighted by molar-refractivity contribution is 0.102. The van der Waals surface area contributed by atoms with Gasteiger partial charge in [-0.15, -0.1) is 5.10 Å². The first-order valence-corrected chi connectivity index (χ1v) is 8.12. The fraction of sp³-hybridized carbons (Fsp3) is 0.200. The van der Waals surface area contributed by atoms with E-state index < -0.39 is 0 Å². The van der Waals surface area contributed by atoms with Crippen LogP contribution in [0.1, 0.15) is 28.0 Å². The Kier molecular flexibility index (Phi) is 4.80. The monoisotopic (exact) mass is 346 g/mol. The first-order valence-electron chi connectivity index (χ1n) is 7.31. The molecule has 3 rings (SSSR count).